The van der Waals surface area contributed by atoms with Gasteiger partial charge in [-0.3, -0.25) is 4.79 Å². The number of carbonyl (C=O) groups excluding carboxylic acids is 1. The molecular formula is C27H29N5OS2. The van der Waals surface area contributed by atoms with Crippen LogP contribution < -0.4 is 10.2 Å². The highest BCUT2D eigenvalue weighted by molar-refractivity contribution is 7.21. The second-order valence-corrected chi connectivity index (χ2v) is 10.5. The first-order chi connectivity index (χ1) is 17.2. The third kappa shape index (κ3) is 5.49. The lowest BCUT2D eigenvalue weighted by Crippen LogP contribution is -2.30. The fraction of sp³-hybridized carbons (Fsp3) is 0.259. The molecular weight excluding hydrogens is 474 g/mol. The molecule has 5 aromatic rings. The maximum Gasteiger partial charge on any atom is 0.207 e. The third-order valence-corrected chi connectivity index (χ3v) is 7.99. The highest BCUT2D eigenvalue weighted by atomic mass is 32.1. The van der Waals surface area contributed by atoms with E-state index in [1.807, 2.05) is 23.7 Å². The molecule has 2 aromatic carbocycles. The molecule has 6 nitrogen and oxygen atoms in total. The Balaban J connectivity index is 0.000000187. The number of piperidine rings is 1. The second-order valence-electron chi connectivity index (χ2n) is 8.59. The van der Waals surface area contributed by atoms with Crippen molar-refractivity contribution >= 4 is 55.3 Å². The van der Waals surface area contributed by atoms with Gasteiger partial charge in [-0.05, 0) is 55.5 Å². The van der Waals surface area contributed by atoms with Gasteiger partial charge in [-0.1, -0.05) is 35.9 Å². The number of nitrogens with zero attached hydrogens (tertiary/aromatic N) is 4. The molecule has 0 spiro atoms. The molecule has 0 atom stereocenters. The Bertz CT molecular complexity index is 1430. The van der Waals surface area contributed by atoms with E-state index in [-0.39, 0.29) is 1.43 Å². The third-order valence-electron chi connectivity index (χ3n) is 6.08. The summed E-state index contributed by atoms with van der Waals surface area (Å²) in [7, 11) is 0. The average Bonchev–Trinajstić information content (AvgIpc) is 3.55. The smallest absolute Gasteiger partial charge is 0.207 e. The normalized spacial score (nSPS) is 13.5. The van der Waals surface area contributed by atoms with Crippen LogP contribution in [-0.2, 0) is 11.3 Å². The van der Waals surface area contributed by atoms with E-state index in [0.29, 0.717) is 13.0 Å². The van der Waals surface area contributed by atoms with Crippen molar-refractivity contribution in [1.82, 2.24) is 20.3 Å². The van der Waals surface area contributed by atoms with E-state index >= 15 is 0 Å². The number of aryl methyl sites for hydroxylation is 1. The quantitative estimate of drug-likeness (QED) is 0.279. The Morgan fingerprint density at radius 2 is 1.86 bits per heavy atom. The van der Waals surface area contributed by atoms with E-state index in [2.05, 4.69) is 62.4 Å². The molecule has 3 aromatic heterocycles. The molecule has 1 N–H and O–H groups in total. The minimum absolute atomic E-state index is 0. The maximum atomic E-state index is 10.1. The largest absolute Gasteiger partial charge is 0.356 e. The second kappa shape index (κ2) is 10.9. The van der Waals surface area contributed by atoms with Crippen LogP contribution in [0.25, 0.3) is 30.9 Å². The number of carbonyl (C=O) groups is 1. The van der Waals surface area contributed by atoms with Crippen molar-refractivity contribution in [3.05, 3.63) is 71.5 Å². The number of aromatic nitrogens is 3. The van der Waals surface area contributed by atoms with Crippen LogP contribution in [0.5, 0.6) is 0 Å². The molecule has 0 bridgehead atoms. The van der Waals surface area contributed by atoms with Crippen LogP contribution in [0.1, 0.15) is 31.8 Å². The summed E-state index contributed by atoms with van der Waals surface area (Å²) < 4.78 is 1.18. The van der Waals surface area contributed by atoms with E-state index in [1.165, 1.54) is 45.4 Å². The first-order valence-corrected chi connectivity index (χ1v) is 13.5. The van der Waals surface area contributed by atoms with E-state index in [9.17, 15) is 4.79 Å². The van der Waals surface area contributed by atoms with Crippen molar-refractivity contribution in [1.29, 1.82) is 0 Å². The zero-order valence-corrected chi connectivity index (χ0v) is 21.2. The first kappa shape index (κ1) is 23.4. The van der Waals surface area contributed by atoms with Gasteiger partial charge in [0.2, 0.25) is 6.41 Å². The molecule has 0 radical (unpaired) electrons. The first-order valence-electron chi connectivity index (χ1n) is 11.8. The van der Waals surface area contributed by atoms with Crippen molar-refractivity contribution in [2.24, 2.45) is 0 Å². The summed E-state index contributed by atoms with van der Waals surface area (Å²) in [5.74, 6) is 1.11. The lowest BCUT2D eigenvalue weighted by molar-refractivity contribution is -0.109. The zero-order valence-electron chi connectivity index (χ0n) is 19.6. The molecule has 1 fully saturated rings. The Hall–Kier alpha value is -3.36. The Morgan fingerprint density at radius 1 is 1.03 bits per heavy atom. The molecule has 1 saturated heterocycles. The van der Waals surface area contributed by atoms with Crippen LogP contribution >= 0.6 is 22.7 Å². The van der Waals surface area contributed by atoms with Crippen LogP contribution in [-0.4, -0.2) is 34.5 Å². The van der Waals surface area contributed by atoms with Crippen LogP contribution in [0.15, 0.2) is 60.4 Å². The van der Waals surface area contributed by atoms with Crippen LogP contribution in [0.4, 0.5) is 5.82 Å². The number of amides is 1. The predicted molar refractivity (Wildman–Crippen MR) is 148 cm³/mol. The summed E-state index contributed by atoms with van der Waals surface area (Å²) in [6.07, 6.45) is 6.27. The summed E-state index contributed by atoms with van der Waals surface area (Å²) >= 11 is 3.38. The van der Waals surface area contributed by atoms with E-state index in [1.54, 1.807) is 29.0 Å². The van der Waals surface area contributed by atoms with Crippen LogP contribution in [0, 0.1) is 6.92 Å². The monoisotopic (exact) mass is 503 g/mol. The molecule has 180 valence electrons. The minimum atomic E-state index is 0. The van der Waals surface area contributed by atoms with Gasteiger partial charge in [0.25, 0.3) is 0 Å². The summed E-state index contributed by atoms with van der Waals surface area (Å²) in [5.41, 5.74) is 6.44. The van der Waals surface area contributed by atoms with Gasteiger partial charge in [-0.2, -0.15) is 0 Å². The lowest BCUT2D eigenvalue weighted by atomic mass is 10.1. The maximum absolute atomic E-state index is 10.1. The summed E-state index contributed by atoms with van der Waals surface area (Å²) in [5, 5.41) is 3.82. The highest BCUT2D eigenvalue weighted by Crippen LogP contribution is 2.36. The molecule has 0 unspecified atom stereocenters. The topological polar surface area (TPSA) is 71.0 Å². The van der Waals surface area contributed by atoms with Gasteiger partial charge < -0.3 is 10.2 Å². The highest BCUT2D eigenvalue weighted by Gasteiger charge is 2.17. The van der Waals surface area contributed by atoms with Gasteiger partial charge in [-0.15, -0.1) is 22.7 Å². The molecule has 8 heteroatoms. The molecule has 35 heavy (non-hydrogen) atoms. The number of hydrogen-bond acceptors (Lipinski definition) is 7. The summed E-state index contributed by atoms with van der Waals surface area (Å²) in [6.45, 7) is 4.91. The van der Waals surface area contributed by atoms with Gasteiger partial charge in [-0.25, -0.2) is 15.0 Å². The number of fused-ring (bicyclic) bond motifs is 2. The number of nitrogens with one attached hydrogen (secondary N) is 1. The van der Waals surface area contributed by atoms with Crippen molar-refractivity contribution in [3.63, 3.8) is 0 Å². The van der Waals surface area contributed by atoms with Crippen molar-refractivity contribution in [3.8, 4) is 10.4 Å². The number of anilines is 1. The van der Waals surface area contributed by atoms with Gasteiger partial charge in [0, 0.05) is 25.9 Å². The molecule has 4 heterocycles. The van der Waals surface area contributed by atoms with Gasteiger partial charge in [0.05, 0.1) is 21.1 Å². The molecule has 0 saturated carbocycles. The standard InChI is InChI=1S/C18H19N3S.C9H8N2OS.H2/c1-13-5-7-14(8-6-13)16-11-15-17(19-12-20-18(15)22-16)21-9-3-2-4-10-21;12-5-10-4-7-1-2-9-8(3-7)11-6-13-9;/h5-8,11-12H,2-4,9-10H2,1H3;1-3,5-6H,4H2,(H,10,12);1H. The Kier molecular flexibility index (Phi) is 7.30. The zero-order chi connectivity index (χ0) is 24.0. The summed E-state index contributed by atoms with van der Waals surface area (Å²) in [6, 6.07) is 17.0. The molecule has 0 aliphatic carbocycles. The van der Waals surface area contributed by atoms with Gasteiger partial charge in [0.15, 0.2) is 0 Å². The Labute approximate surface area is 214 Å². The number of rotatable bonds is 5. The van der Waals surface area contributed by atoms with Crippen LogP contribution in [0.2, 0.25) is 0 Å². The minimum Gasteiger partial charge on any atom is -0.356 e. The van der Waals surface area contributed by atoms with Crippen molar-refractivity contribution < 1.29 is 6.22 Å². The Morgan fingerprint density at radius 3 is 2.66 bits per heavy atom. The van der Waals surface area contributed by atoms with E-state index in [4.69, 9.17) is 0 Å². The van der Waals surface area contributed by atoms with Gasteiger partial charge in [0.1, 0.15) is 17.0 Å². The van der Waals surface area contributed by atoms with Crippen molar-refractivity contribution in [2.75, 3.05) is 18.0 Å². The average molecular weight is 504 g/mol. The number of thiazole rings is 1. The van der Waals surface area contributed by atoms with Gasteiger partial charge >= 0.3 is 0 Å². The van der Waals surface area contributed by atoms with E-state index in [0.717, 1.165) is 34.8 Å². The number of hydrogen-bond donors (Lipinski definition) is 1. The molecule has 1 aliphatic heterocycles. The van der Waals surface area contributed by atoms with Crippen LogP contribution in [0.3, 0.4) is 0 Å². The lowest BCUT2D eigenvalue weighted by Gasteiger charge is -2.27. The molecule has 6 rings (SSSR count). The van der Waals surface area contributed by atoms with Crippen molar-refractivity contribution in [2.45, 2.75) is 32.7 Å². The molecule has 1 aliphatic rings. The fourth-order valence-corrected chi connectivity index (χ4v) is 5.89. The molecule has 1 amide bonds. The number of benzene rings is 2. The fourth-order valence-electron chi connectivity index (χ4n) is 4.23. The predicted octanol–water partition coefficient (Wildman–Crippen LogP) is 6.45. The SMILES string of the molecule is Cc1ccc(-c2cc3c(N4CCCCC4)ncnc3s2)cc1.O=CNCc1ccc2scnc2c1.[HH]. The number of thiophene rings is 1. The summed E-state index contributed by atoms with van der Waals surface area (Å²) in [4.78, 5) is 28.1. The van der Waals surface area contributed by atoms with E-state index < -0.39 is 0 Å².